The molecule has 2 aromatic carbocycles. The van der Waals surface area contributed by atoms with Gasteiger partial charge in [0.2, 0.25) is 0 Å². The predicted molar refractivity (Wildman–Crippen MR) is 113 cm³/mol. The van der Waals surface area contributed by atoms with E-state index in [1.165, 1.54) is 6.07 Å². The zero-order chi connectivity index (χ0) is 19.2. The Balaban J connectivity index is 1.62. The van der Waals surface area contributed by atoms with Crippen molar-refractivity contribution in [1.82, 2.24) is 9.99 Å². The molecular formula is C21H21FN4S. The number of thiocarbonyl (C=S) groups is 1. The third kappa shape index (κ3) is 5.01. The van der Waals surface area contributed by atoms with Crippen LogP contribution in [0.3, 0.4) is 0 Å². The molecular weight excluding hydrogens is 359 g/mol. The Kier molecular flexibility index (Phi) is 5.98. The molecule has 0 spiro atoms. The van der Waals surface area contributed by atoms with Gasteiger partial charge in [-0.25, -0.2) is 4.39 Å². The van der Waals surface area contributed by atoms with Gasteiger partial charge >= 0.3 is 0 Å². The van der Waals surface area contributed by atoms with Gasteiger partial charge in [-0.1, -0.05) is 30.3 Å². The first-order chi connectivity index (χ1) is 13.0. The SMILES string of the molecule is Cc1ccc(C)c(NC(=S)N/N=C/c2cccn2Cc2ccccc2F)c1. The second-order valence-corrected chi connectivity index (χ2v) is 6.70. The first-order valence-electron chi connectivity index (χ1n) is 8.59. The Morgan fingerprint density at radius 2 is 1.96 bits per heavy atom. The first kappa shape index (κ1) is 18.8. The molecule has 0 unspecified atom stereocenters. The third-order valence-corrected chi connectivity index (χ3v) is 4.36. The van der Waals surface area contributed by atoms with Crippen LogP contribution < -0.4 is 10.7 Å². The fraction of sp³-hybridized carbons (Fsp3) is 0.143. The summed E-state index contributed by atoms with van der Waals surface area (Å²) in [5.74, 6) is -0.217. The van der Waals surface area contributed by atoms with Crippen LogP contribution >= 0.6 is 12.2 Å². The van der Waals surface area contributed by atoms with E-state index in [9.17, 15) is 4.39 Å². The van der Waals surface area contributed by atoms with Gasteiger partial charge in [-0.2, -0.15) is 5.10 Å². The van der Waals surface area contributed by atoms with Gasteiger partial charge in [-0.05, 0) is 61.5 Å². The van der Waals surface area contributed by atoms with E-state index in [0.717, 1.165) is 22.5 Å². The van der Waals surface area contributed by atoms with Crippen molar-refractivity contribution in [2.75, 3.05) is 5.32 Å². The number of halogens is 1. The van der Waals surface area contributed by atoms with Gasteiger partial charge in [0.15, 0.2) is 5.11 Å². The van der Waals surface area contributed by atoms with E-state index >= 15 is 0 Å². The number of rotatable bonds is 5. The predicted octanol–water partition coefficient (Wildman–Crippen LogP) is 4.61. The summed E-state index contributed by atoms with van der Waals surface area (Å²) in [6.45, 7) is 4.48. The van der Waals surface area contributed by atoms with Crippen LogP contribution in [0.4, 0.5) is 10.1 Å². The van der Waals surface area contributed by atoms with Crippen molar-refractivity contribution in [3.63, 3.8) is 0 Å². The largest absolute Gasteiger partial charge is 0.342 e. The van der Waals surface area contributed by atoms with Crippen LogP contribution in [0.5, 0.6) is 0 Å². The minimum atomic E-state index is -0.217. The third-order valence-electron chi connectivity index (χ3n) is 4.17. The smallest absolute Gasteiger partial charge is 0.191 e. The van der Waals surface area contributed by atoms with Gasteiger partial charge in [0.05, 0.1) is 18.5 Å². The number of anilines is 1. The van der Waals surface area contributed by atoms with E-state index in [0.29, 0.717) is 17.2 Å². The second-order valence-electron chi connectivity index (χ2n) is 6.29. The highest BCUT2D eigenvalue weighted by atomic mass is 32.1. The molecule has 0 fully saturated rings. The average Bonchev–Trinajstić information content (AvgIpc) is 3.07. The first-order valence-corrected chi connectivity index (χ1v) is 8.99. The number of hydrogen-bond donors (Lipinski definition) is 2. The van der Waals surface area contributed by atoms with Crippen molar-refractivity contribution in [2.45, 2.75) is 20.4 Å². The highest BCUT2D eigenvalue weighted by Gasteiger charge is 2.04. The van der Waals surface area contributed by atoms with E-state index in [1.807, 2.05) is 54.9 Å². The summed E-state index contributed by atoms with van der Waals surface area (Å²) in [4.78, 5) is 0. The highest BCUT2D eigenvalue weighted by Crippen LogP contribution is 2.16. The molecule has 4 nitrogen and oxygen atoms in total. The normalized spacial score (nSPS) is 10.9. The summed E-state index contributed by atoms with van der Waals surface area (Å²) >= 11 is 5.30. The van der Waals surface area contributed by atoms with Crippen molar-refractivity contribution < 1.29 is 4.39 Å². The molecule has 1 heterocycles. The maximum Gasteiger partial charge on any atom is 0.191 e. The average molecular weight is 380 g/mol. The highest BCUT2D eigenvalue weighted by molar-refractivity contribution is 7.80. The summed E-state index contributed by atoms with van der Waals surface area (Å²) in [5.41, 5.74) is 7.50. The lowest BCUT2D eigenvalue weighted by Crippen LogP contribution is -2.24. The van der Waals surface area contributed by atoms with Crippen LogP contribution in [0, 0.1) is 19.7 Å². The van der Waals surface area contributed by atoms with Crippen LogP contribution in [-0.2, 0) is 6.54 Å². The molecule has 0 atom stereocenters. The Labute approximate surface area is 163 Å². The number of aryl methyl sites for hydroxylation is 2. The van der Waals surface area contributed by atoms with Crippen molar-refractivity contribution in [1.29, 1.82) is 0 Å². The van der Waals surface area contributed by atoms with E-state index in [2.05, 4.69) is 21.9 Å². The molecule has 27 heavy (non-hydrogen) atoms. The van der Waals surface area contributed by atoms with Crippen molar-refractivity contribution in [3.05, 3.63) is 89.0 Å². The minimum Gasteiger partial charge on any atom is -0.342 e. The fourth-order valence-electron chi connectivity index (χ4n) is 2.68. The lowest BCUT2D eigenvalue weighted by Gasteiger charge is -2.11. The van der Waals surface area contributed by atoms with Crippen LogP contribution in [0.2, 0.25) is 0 Å². The summed E-state index contributed by atoms with van der Waals surface area (Å²) < 4.78 is 15.8. The lowest BCUT2D eigenvalue weighted by atomic mass is 10.1. The second kappa shape index (κ2) is 8.60. The zero-order valence-electron chi connectivity index (χ0n) is 15.2. The van der Waals surface area contributed by atoms with Gasteiger partial charge in [-0.15, -0.1) is 0 Å². The molecule has 138 valence electrons. The van der Waals surface area contributed by atoms with Crippen molar-refractivity contribution in [3.8, 4) is 0 Å². The van der Waals surface area contributed by atoms with Gasteiger partial charge < -0.3 is 9.88 Å². The molecule has 0 aliphatic heterocycles. The summed E-state index contributed by atoms with van der Waals surface area (Å²) in [5, 5.41) is 7.75. The van der Waals surface area contributed by atoms with Crippen molar-refractivity contribution >= 4 is 29.2 Å². The molecule has 1 aromatic heterocycles. The number of aromatic nitrogens is 1. The standard InChI is InChI=1S/C21H21FN4S/c1-15-9-10-16(2)20(12-15)24-21(27)25-23-13-18-7-5-11-26(18)14-17-6-3-4-8-19(17)22/h3-13H,14H2,1-2H3,(H2,24,25,27)/b23-13+. The van der Waals surface area contributed by atoms with Gasteiger partial charge in [0.25, 0.3) is 0 Å². The molecule has 0 amide bonds. The molecule has 0 aliphatic carbocycles. The summed E-state index contributed by atoms with van der Waals surface area (Å²) in [6, 6.07) is 16.7. The number of hydrazone groups is 1. The van der Waals surface area contributed by atoms with Gasteiger partial charge in [-0.3, -0.25) is 5.43 Å². The quantitative estimate of drug-likeness (QED) is 0.386. The van der Waals surface area contributed by atoms with Crippen LogP contribution in [0.15, 0.2) is 65.9 Å². The maximum absolute atomic E-state index is 13.9. The number of nitrogens with zero attached hydrogens (tertiary/aromatic N) is 2. The molecule has 0 radical (unpaired) electrons. The fourth-order valence-corrected chi connectivity index (χ4v) is 2.84. The Bertz CT molecular complexity index is 978. The van der Waals surface area contributed by atoms with Gasteiger partial charge in [0, 0.05) is 17.4 Å². The minimum absolute atomic E-state index is 0.217. The monoisotopic (exact) mass is 380 g/mol. The topological polar surface area (TPSA) is 41.4 Å². The van der Waals surface area contributed by atoms with Crippen molar-refractivity contribution in [2.24, 2.45) is 5.10 Å². The molecule has 3 aromatic rings. The van der Waals surface area contributed by atoms with Crippen LogP contribution in [-0.4, -0.2) is 15.9 Å². The summed E-state index contributed by atoms with van der Waals surface area (Å²) in [7, 11) is 0. The van der Waals surface area contributed by atoms with Crippen LogP contribution in [0.25, 0.3) is 0 Å². The molecule has 0 bridgehead atoms. The maximum atomic E-state index is 13.9. The zero-order valence-corrected chi connectivity index (χ0v) is 16.1. The Morgan fingerprint density at radius 1 is 1.15 bits per heavy atom. The number of hydrogen-bond acceptors (Lipinski definition) is 2. The number of benzene rings is 2. The lowest BCUT2D eigenvalue weighted by molar-refractivity contribution is 0.599. The van der Waals surface area contributed by atoms with E-state index in [4.69, 9.17) is 12.2 Å². The van der Waals surface area contributed by atoms with E-state index in [-0.39, 0.29) is 5.82 Å². The molecule has 6 heteroatoms. The van der Waals surface area contributed by atoms with E-state index < -0.39 is 0 Å². The number of nitrogens with one attached hydrogen (secondary N) is 2. The summed E-state index contributed by atoms with van der Waals surface area (Å²) in [6.07, 6.45) is 3.55. The Morgan fingerprint density at radius 3 is 2.78 bits per heavy atom. The molecule has 0 aliphatic rings. The van der Waals surface area contributed by atoms with E-state index in [1.54, 1.807) is 18.3 Å². The van der Waals surface area contributed by atoms with Gasteiger partial charge in [0.1, 0.15) is 5.82 Å². The molecule has 0 saturated heterocycles. The van der Waals surface area contributed by atoms with Crippen LogP contribution in [0.1, 0.15) is 22.4 Å². The molecule has 0 saturated carbocycles. The molecule has 2 N–H and O–H groups in total. The Hall–Kier alpha value is -2.99. The molecule has 3 rings (SSSR count).